The molecule has 10 nitrogen and oxygen atoms in total. The largest absolute Gasteiger partial charge is 0.497 e. The Hall–Kier alpha value is -3.54. The zero-order chi connectivity index (χ0) is 25.8. The summed E-state index contributed by atoms with van der Waals surface area (Å²) in [6.45, 7) is 4.79. The molecule has 0 bridgehead atoms. The molecule has 0 spiro atoms. The van der Waals surface area contributed by atoms with Gasteiger partial charge in [-0.25, -0.2) is 18.2 Å². The SMILES string of the molecule is COc1ccc(COc2cc(CCNC(=O)OC(C)(C)C)cc(F)c2N2CC(=O)NS2(=O)=O)cc1. The van der Waals surface area contributed by atoms with Crippen molar-refractivity contribution in [3.63, 3.8) is 0 Å². The first kappa shape index (κ1) is 26.1. The molecule has 0 aliphatic carbocycles. The van der Waals surface area contributed by atoms with Gasteiger partial charge in [-0.1, -0.05) is 12.1 Å². The molecule has 1 fully saturated rings. The van der Waals surface area contributed by atoms with Crippen LogP contribution in [0.4, 0.5) is 14.9 Å². The maximum Gasteiger partial charge on any atom is 0.407 e. The van der Waals surface area contributed by atoms with Crippen LogP contribution < -0.4 is 23.8 Å². The maximum atomic E-state index is 15.2. The summed E-state index contributed by atoms with van der Waals surface area (Å²) in [6.07, 6.45) is -0.391. The topological polar surface area (TPSA) is 123 Å². The molecule has 0 radical (unpaired) electrons. The Morgan fingerprint density at radius 3 is 2.43 bits per heavy atom. The quantitative estimate of drug-likeness (QED) is 0.561. The fourth-order valence-electron chi connectivity index (χ4n) is 3.28. The number of hydrogen-bond donors (Lipinski definition) is 2. The number of halogens is 1. The number of alkyl carbamates (subject to hydrolysis) is 1. The molecule has 0 atom stereocenters. The second kappa shape index (κ2) is 10.4. The van der Waals surface area contributed by atoms with Crippen molar-refractivity contribution in [2.75, 3.05) is 24.5 Å². The Bertz CT molecular complexity index is 1190. The van der Waals surface area contributed by atoms with Gasteiger partial charge in [0.15, 0.2) is 5.82 Å². The molecular weight excluding hydrogens is 481 g/mol. The fourth-order valence-corrected chi connectivity index (χ4v) is 4.44. The highest BCUT2D eigenvalue weighted by atomic mass is 32.2. The van der Waals surface area contributed by atoms with Crippen molar-refractivity contribution < 1.29 is 36.6 Å². The van der Waals surface area contributed by atoms with E-state index in [1.807, 2.05) is 4.72 Å². The van der Waals surface area contributed by atoms with E-state index in [1.165, 1.54) is 13.2 Å². The lowest BCUT2D eigenvalue weighted by Crippen LogP contribution is -2.33. The molecule has 1 aliphatic rings. The molecule has 3 rings (SSSR count). The van der Waals surface area contributed by atoms with Crippen molar-refractivity contribution in [1.29, 1.82) is 0 Å². The Labute approximate surface area is 203 Å². The smallest absolute Gasteiger partial charge is 0.407 e. The number of anilines is 1. The molecule has 2 amide bonds. The van der Waals surface area contributed by atoms with Crippen LogP contribution in [-0.4, -0.2) is 46.2 Å². The number of ether oxygens (including phenoxy) is 3. The number of carbonyl (C=O) groups excluding carboxylic acids is 2. The highest BCUT2D eigenvalue weighted by Crippen LogP contribution is 2.36. The van der Waals surface area contributed by atoms with E-state index in [1.54, 1.807) is 45.0 Å². The van der Waals surface area contributed by atoms with Crippen LogP contribution in [0.3, 0.4) is 0 Å². The molecule has 12 heteroatoms. The lowest BCUT2D eigenvalue weighted by atomic mass is 10.1. The number of nitrogens with zero attached hydrogens (tertiary/aromatic N) is 1. The van der Waals surface area contributed by atoms with Crippen LogP contribution in [0.25, 0.3) is 0 Å². The summed E-state index contributed by atoms with van der Waals surface area (Å²) in [5.74, 6) is -1.08. The first-order valence-electron chi connectivity index (χ1n) is 10.8. The van der Waals surface area contributed by atoms with Crippen LogP contribution in [0.2, 0.25) is 0 Å². The van der Waals surface area contributed by atoms with Gasteiger partial charge in [0.05, 0.1) is 7.11 Å². The molecule has 1 heterocycles. The van der Waals surface area contributed by atoms with Gasteiger partial charge in [0.2, 0.25) is 0 Å². The second-order valence-electron chi connectivity index (χ2n) is 8.78. The van der Waals surface area contributed by atoms with Crippen LogP contribution in [0, 0.1) is 5.82 Å². The zero-order valence-corrected chi connectivity index (χ0v) is 20.7. The summed E-state index contributed by atoms with van der Waals surface area (Å²) in [6, 6.07) is 9.59. The van der Waals surface area contributed by atoms with Crippen molar-refractivity contribution >= 4 is 27.9 Å². The van der Waals surface area contributed by atoms with E-state index in [0.717, 1.165) is 11.6 Å². The van der Waals surface area contributed by atoms with E-state index < -0.39 is 40.2 Å². The number of hydrogen-bond acceptors (Lipinski definition) is 7. The summed E-state index contributed by atoms with van der Waals surface area (Å²) in [7, 11) is -2.72. The normalized spacial score (nSPS) is 14.9. The molecular formula is C23H28FN3O7S. The molecule has 0 aromatic heterocycles. The fraction of sp³-hybridized carbons (Fsp3) is 0.391. The van der Waals surface area contributed by atoms with E-state index in [-0.39, 0.29) is 31.0 Å². The van der Waals surface area contributed by atoms with Gasteiger partial charge in [-0.15, -0.1) is 0 Å². The molecule has 1 aliphatic heterocycles. The molecule has 2 aromatic carbocycles. The third kappa shape index (κ3) is 6.98. The van der Waals surface area contributed by atoms with E-state index >= 15 is 4.39 Å². The van der Waals surface area contributed by atoms with E-state index in [9.17, 15) is 18.0 Å². The van der Waals surface area contributed by atoms with Crippen LogP contribution in [-0.2, 0) is 32.8 Å². The van der Waals surface area contributed by atoms with Crippen LogP contribution >= 0.6 is 0 Å². The maximum absolute atomic E-state index is 15.2. The minimum atomic E-state index is -4.26. The molecule has 2 N–H and O–H groups in total. The summed E-state index contributed by atoms with van der Waals surface area (Å²) in [4.78, 5) is 23.6. The van der Waals surface area contributed by atoms with Crippen molar-refractivity contribution in [2.45, 2.75) is 39.4 Å². The van der Waals surface area contributed by atoms with Crippen molar-refractivity contribution in [2.24, 2.45) is 0 Å². The summed E-state index contributed by atoms with van der Waals surface area (Å²) >= 11 is 0. The summed E-state index contributed by atoms with van der Waals surface area (Å²) in [5.41, 5.74) is 0.142. The van der Waals surface area contributed by atoms with Gasteiger partial charge in [0.1, 0.15) is 35.9 Å². The minimum absolute atomic E-state index is 0.00527. The van der Waals surface area contributed by atoms with Crippen molar-refractivity contribution in [3.8, 4) is 11.5 Å². The van der Waals surface area contributed by atoms with Gasteiger partial charge in [-0.3, -0.25) is 4.79 Å². The standard InChI is InChI=1S/C23H28FN3O7S/c1-23(2,3)34-22(29)25-10-9-16-11-18(24)21(27-13-20(28)26-35(27,30)31)19(12-16)33-14-15-5-7-17(32-4)8-6-15/h5-8,11-12H,9-10,13-14H2,1-4H3,(H,25,29)(H,26,28). The van der Waals surface area contributed by atoms with Gasteiger partial charge in [0.25, 0.3) is 5.91 Å². The number of methoxy groups -OCH3 is 1. The number of carbonyl (C=O) groups is 2. The Morgan fingerprint density at radius 1 is 1.17 bits per heavy atom. The molecule has 0 saturated carbocycles. The minimum Gasteiger partial charge on any atom is -0.497 e. The van der Waals surface area contributed by atoms with E-state index in [4.69, 9.17) is 14.2 Å². The predicted octanol–water partition coefficient (Wildman–Crippen LogP) is 2.66. The molecule has 1 saturated heterocycles. The lowest BCUT2D eigenvalue weighted by Gasteiger charge is -2.21. The highest BCUT2D eigenvalue weighted by Gasteiger charge is 2.37. The average molecular weight is 510 g/mol. The number of nitrogens with one attached hydrogen (secondary N) is 2. The van der Waals surface area contributed by atoms with Gasteiger partial charge >= 0.3 is 16.3 Å². The van der Waals surface area contributed by atoms with Gasteiger partial charge < -0.3 is 19.5 Å². The monoisotopic (exact) mass is 509 g/mol. The summed E-state index contributed by atoms with van der Waals surface area (Å²) in [5, 5.41) is 2.59. The number of benzene rings is 2. The molecule has 190 valence electrons. The predicted molar refractivity (Wildman–Crippen MR) is 126 cm³/mol. The van der Waals surface area contributed by atoms with Crippen LogP contribution in [0.5, 0.6) is 11.5 Å². The van der Waals surface area contributed by atoms with Crippen LogP contribution in [0.1, 0.15) is 31.9 Å². The third-order valence-electron chi connectivity index (χ3n) is 4.79. The Balaban J connectivity index is 1.84. The van der Waals surface area contributed by atoms with Gasteiger partial charge in [-0.2, -0.15) is 8.42 Å². The first-order chi connectivity index (χ1) is 16.4. The molecule has 35 heavy (non-hydrogen) atoms. The Kier molecular flexibility index (Phi) is 7.73. The zero-order valence-electron chi connectivity index (χ0n) is 19.9. The second-order valence-corrected chi connectivity index (χ2v) is 10.4. The first-order valence-corrected chi connectivity index (χ1v) is 12.2. The third-order valence-corrected chi connectivity index (χ3v) is 6.17. The number of amides is 2. The lowest BCUT2D eigenvalue weighted by molar-refractivity contribution is -0.117. The average Bonchev–Trinajstić information content (AvgIpc) is 3.02. The van der Waals surface area contributed by atoms with Crippen molar-refractivity contribution in [3.05, 3.63) is 53.3 Å². The molecule has 0 unspecified atom stereocenters. The molecule has 2 aromatic rings. The van der Waals surface area contributed by atoms with Crippen molar-refractivity contribution in [1.82, 2.24) is 10.0 Å². The highest BCUT2D eigenvalue weighted by molar-refractivity contribution is 7.92. The van der Waals surface area contributed by atoms with Gasteiger partial charge in [0, 0.05) is 6.54 Å². The van der Waals surface area contributed by atoms with Gasteiger partial charge in [-0.05, 0) is 62.6 Å². The summed E-state index contributed by atoms with van der Waals surface area (Å²) < 4.78 is 58.5. The van der Waals surface area contributed by atoms with Crippen LogP contribution in [0.15, 0.2) is 36.4 Å². The van der Waals surface area contributed by atoms with E-state index in [0.29, 0.717) is 15.6 Å². The Morgan fingerprint density at radius 2 is 1.86 bits per heavy atom. The number of rotatable bonds is 8. The van der Waals surface area contributed by atoms with E-state index in [2.05, 4.69) is 5.32 Å².